The molecule has 0 heterocycles. The van der Waals surface area contributed by atoms with Crippen LogP contribution in [0.15, 0.2) is 72.8 Å². The van der Waals surface area contributed by atoms with Gasteiger partial charge in [-0.3, -0.25) is 0 Å². The van der Waals surface area contributed by atoms with Crippen LogP contribution in [0.4, 0.5) is 0 Å². The number of benzene rings is 3. The number of rotatable bonds is 3. The van der Waals surface area contributed by atoms with Gasteiger partial charge in [0, 0.05) is 0 Å². The summed E-state index contributed by atoms with van der Waals surface area (Å²) in [7, 11) is 0. The van der Waals surface area contributed by atoms with E-state index in [4.69, 9.17) is 4.74 Å². The van der Waals surface area contributed by atoms with E-state index in [1.807, 2.05) is 36.4 Å². The van der Waals surface area contributed by atoms with Gasteiger partial charge in [-0.2, -0.15) is 0 Å². The van der Waals surface area contributed by atoms with E-state index in [1.54, 1.807) is 36.4 Å². The number of hydrogen-bond acceptors (Lipinski definition) is 3. The highest BCUT2D eigenvalue weighted by Gasteiger charge is 2.02. The molecule has 2 N–H and O–H groups in total. The molecule has 0 spiro atoms. The molecule has 0 aromatic heterocycles. The third kappa shape index (κ3) is 3.15. The second-order valence-electron chi connectivity index (χ2n) is 4.67. The molecule has 0 unspecified atom stereocenters. The van der Waals surface area contributed by atoms with E-state index >= 15 is 0 Å². The van der Waals surface area contributed by atoms with Crippen molar-refractivity contribution in [1.29, 1.82) is 0 Å². The van der Waals surface area contributed by atoms with Crippen molar-refractivity contribution in [1.82, 2.24) is 0 Å². The van der Waals surface area contributed by atoms with Gasteiger partial charge in [-0.1, -0.05) is 24.3 Å². The van der Waals surface area contributed by atoms with Crippen LogP contribution in [0.2, 0.25) is 0 Å². The maximum absolute atomic E-state index is 9.33. The molecular formula is C18H14O3. The predicted molar refractivity (Wildman–Crippen MR) is 81.7 cm³/mol. The largest absolute Gasteiger partial charge is 0.508 e. The van der Waals surface area contributed by atoms with Gasteiger partial charge >= 0.3 is 0 Å². The van der Waals surface area contributed by atoms with Crippen LogP contribution in [0.3, 0.4) is 0 Å². The van der Waals surface area contributed by atoms with Gasteiger partial charge in [-0.25, -0.2) is 0 Å². The van der Waals surface area contributed by atoms with Crippen molar-refractivity contribution in [2.24, 2.45) is 0 Å². The molecule has 0 saturated carbocycles. The Morgan fingerprint density at radius 3 is 1.86 bits per heavy atom. The van der Waals surface area contributed by atoms with Crippen LogP contribution in [-0.2, 0) is 0 Å². The molecule has 3 nitrogen and oxygen atoms in total. The van der Waals surface area contributed by atoms with Gasteiger partial charge in [-0.05, 0) is 59.7 Å². The summed E-state index contributed by atoms with van der Waals surface area (Å²) in [4.78, 5) is 0. The average Bonchev–Trinajstić information content (AvgIpc) is 2.51. The minimum atomic E-state index is 0.209. The van der Waals surface area contributed by atoms with Crippen LogP contribution in [0.25, 0.3) is 11.1 Å². The molecule has 0 aliphatic carbocycles. The van der Waals surface area contributed by atoms with Gasteiger partial charge < -0.3 is 14.9 Å². The van der Waals surface area contributed by atoms with E-state index in [0.29, 0.717) is 11.5 Å². The van der Waals surface area contributed by atoms with Crippen molar-refractivity contribution in [2.75, 3.05) is 0 Å². The minimum absolute atomic E-state index is 0.209. The Kier molecular flexibility index (Phi) is 3.48. The number of aromatic hydroxyl groups is 2. The van der Waals surface area contributed by atoms with E-state index in [2.05, 4.69) is 0 Å². The Morgan fingerprint density at radius 1 is 0.571 bits per heavy atom. The third-order valence-corrected chi connectivity index (χ3v) is 3.11. The number of hydrogen-bond donors (Lipinski definition) is 2. The molecule has 0 aliphatic heterocycles. The summed E-state index contributed by atoms with van der Waals surface area (Å²) in [6.45, 7) is 0. The maximum atomic E-state index is 9.33. The first-order valence-corrected chi connectivity index (χ1v) is 6.57. The van der Waals surface area contributed by atoms with Crippen LogP contribution in [0.1, 0.15) is 0 Å². The Morgan fingerprint density at radius 2 is 1.19 bits per heavy atom. The zero-order chi connectivity index (χ0) is 14.7. The molecule has 0 amide bonds. The molecule has 104 valence electrons. The first-order chi connectivity index (χ1) is 10.2. The molecule has 3 heteroatoms. The number of phenolic OH excluding ortho intramolecular Hbond substituents is 2. The van der Waals surface area contributed by atoms with Gasteiger partial charge in [0.25, 0.3) is 0 Å². The Balaban J connectivity index is 1.86. The molecule has 21 heavy (non-hydrogen) atoms. The fraction of sp³-hybridized carbons (Fsp3) is 0. The molecule has 3 aromatic rings. The first kappa shape index (κ1) is 13.1. The summed E-state index contributed by atoms with van der Waals surface area (Å²) < 4.78 is 5.76. The Hall–Kier alpha value is -2.94. The Labute approximate surface area is 122 Å². The van der Waals surface area contributed by atoms with Crippen molar-refractivity contribution in [3.8, 4) is 34.1 Å². The lowest BCUT2D eigenvalue weighted by Gasteiger charge is -2.08. The van der Waals surface area contributed by atoms with Crippen LogP contribution in [-0.4, -0.2) is 10.2 Å². The topological polar surface area (TPSA) is 49.7 Å². The summed E-state index contributed by atoms with van der Waals surface area (Å²) in [5.74, 6) is 1.83. The highest BCUT2D eigenvalue weighted by atomic mass is 16.5. The fourth-order valence-electron chi connectivity index (χ4n) is 2.04. The van der Waals surface area contributed by atoms with Gasteiger partial charge in [0.05, 0.1) is 0 Å². The SMILES string of the molecule is Oc1ccc(Oc2cccc(-c3ccc(O)cc3)c2)cc1. The van der Waals surface area contributed by atoms with Crippen LogP contribution >= 0.6 is 0 Å². The number of phenols is 2. The maximum Gasteiger partial charge on any atom is 0.128 e. The highest BCUT2D eigenvalue weighted by molar-refractivity contribution is 5.65. The molecule has 3 rings (SSSR count). The van der Waals surface area contributed by atoms with E-state index in [0.717, 1.165) is 11.1 Å². The molecule has 0 radical (unpaired) electrons. The van der Waals surface area contributed by atoms with Gasteiger partial charge in [-0.15, -0.1) is 0 Å². The van der Waals surface area contributed by atoms with E-state index in [-0.39, 0.29) is 11.5 Å². The Bertz CT molecular complexity index is 731. The average molecular weight is 278 g/mol. The quantitative estimate of drug-likeness (QED) is 0.738. The second kappa shape index (κ2) is 5.59. The molecule has 0 aliphatic rings. The van der Waals surface area contributed by atoms with Gasteiger partial charge in [0.1, 0.15) is 23.0 Å². The summed E-state index contributed by atoms with van der Waals surface area (Å²) in [6.07, 6.45) is 0. The molecule has 0 bridgehead atoms. The van der Waals surface area contributed by atoms with Crippen molar-refractivity contribution in [3.63, 3.8) is 0 Å². The lowest BCUT2D eigenvalue weighted by atomic mass is 10.1. The van der Waals surface area contributed by atoms with Crippen LogP contribution < -0.4 is 4.74 Å². The zero-order valence-corrected chi connectivity index (χ0v) is 11.2. The number of ether oxygens (including phenoxy) is 1. The van der Waals surface area contributed by atoms with Crippen molar-refractivity contribution in [3.05, 3.63) is 72.8 Å². The van der Waals surface area contributed by atoms with Crippen molar-refractivity contribution < 1.29 is 14.9 Å². The lowest BCUT2D eigenvalue weighted by Crippen LogP contribution is -1.85. The van der Waals surface area contributed by atoms with E-state index in [1.165, 1.54) is 0 Å². The lowest BCUT2D eigenvalue weighted by molar-refractivity contribution is 0.464. The summed E-state index contributed by atoms with van der Waals surface area (Å²) in [5, 5.41) is 18.6. The van der Waals surface area contributed by atoms with Crippen molar-refractivity contribution in [2.45, 2.75) is 0 Å². The first-order valence-electron chi connectivity index (χ1n) is 6.57. The van der Waals surface area contributed by atoms with Gasteiger partial charge in [0.2, 0.25) is 0 Å². The molecule has 0 atom stereocenters. The molecule has 3 aromatic carbocycles. The summed E-state index contributed by atoms with van der Waals surface area (Å²) >= 11 is 0. The standard InChI is InChI=1S/C18H14O3/c19-15-6-4-13(5-7-15)14-2-1-3-18(12-14)21-17-10-8-16(20)9-11-17/h1-12,19-20H. The molecule has 0 saturated heterocycles. The zero-order valence-electron chi connectivity index (χ0n) is 11.2. The van der Waals surface area contributed by atoms with E-state index in [9.17, 15) is 10.2 Å². The minimum Gasteiger partial charge on any atom is -0.508 e. The summed E-state index contributed by atoms with van der Waals surface area (Å²) in [5.41, 5.74) is 2.01. The fourth-order valence-corrected chi connectivity index (χ4v) is 2.04. The summed E-state index contributed by atoms with van der Waals surface area (Å²) in [6, 6.07) is 21.3. The molecular weight excluding hydrogens is 264 g/mol. The van der Waals surface area contributed by atoms with Crippen molar-refractivity contribution >= 4 is 0 Å². The monoisotopic (exact) mass is 278 g/mol. The van der Waals surface area contributed by atoms with E-state index < -0.39 is 0 Å². The van der Waals surface area contributed by atoms with Crippen LogP contribution in [0, 0.1) is 0 Å². The molecule has 0 fully saturated rings. The van der Waals surface area contributed by atoms with Gasteiger partial charge in [0.15, 0.2) is 0 Å². The second-order valence-corrected chi connectivity index (χ2v) is 4.67. The normalized spacial score (nSPS) is 10.3. The third-order valence-electron chi connectivity index (χ3n) is 3.11. The van der Waals surface area contributed by atoms with Crippen LogP contribution in [0.5, 0.6) is 23.0 Å². The smallest absolute Gasteiger partial charge is 0.128 e. The highest BCUT2D eigenvalue weighted by Crippen LogP contribution is 2.28. The predicted octanol–water partition coefficient (Wildman–Crippen LogP) is 4.56.